The maximum absolute atomic E-state index is 12.8. The van der Waals surface area contributed by atoms with Crippen molar-refractivity contribution in [3.8, 4) is 0 Å². The highest BCUT2D eigenvalue weighted by Crippen LogP contribution is 2.53. The molecule has 1 aliphatic carbocycles. The van der Waals surface area contributed by atoms with Crippen LogP contribution >= 0.6 is 0 Å². The van der Waals surface area contributed by atoms with Gasteiger partial charge in [-0.05, 0) is 37.8 Å². The first-order chi connectivity index (χ1) is 9.58. The Morgan fingerprint density at radius 1 is 1.15 bits per heavy atom. The fourth-order valence-corrected chi connectivity index (χ4v) is 4.09. The highest BCUT2D eigenvalue weighted by molar-refractivity contribution is 6.25. The minimum Gasteiger partial charge on any atom is -0.511 e. The van der Waals surface area contributed by atoms with E-state index < -0.39 is 0 Å². The van der Waals surface area contributed by atoms with Crippen molar-refractivity contribution in [1.82, 2.24) is 0 Å². The first-order valence-corrected chi connectivity index (χ1v) is 7.28. The number of allylic oxidation sites excluding steroid dienone is 1. The van der Waals surface area contributed by atoms with Crippen LogP contribution in [0.5, 0.6) is 0 Å². The number of benzene rings is 1. The monoisotopic (exact) mass is 270 g/mol. The molecule has 0 saturated carbocycles. The van der Waals surface area contributed by atoms with Gasteiger partial charge in [0.1, 0.15) is 5.76 Å². The molecule has 3 aliphatic rings. The Labute approximate surface area is 118 Å². The molecule has 1 N–H and O–H groups in total. The molecule has 3 nitrogen and oxygen atoms in total. The minimum absolute atomic E-state index is 0.0160. The summed E-state index contributed by atoms with van der Waals surface area (Å²) in [6.07, 6.45) is 1.97. The van der Waals surface area contributed by atoms with E-state index in [-0.39, 0.29) is 35.6 Å². The zero-order valence-corrected chi connectivity index (χ0v) is 11.7. The van der Waals surface area contributed by atoms with E-state index in [4.69, 9.17) is 4.74 Å². The lowest BCUT2D eigenvalue weighted by atomic mass is 9.80. The fourth-order valence-electron chi connectivity index (χ4n) is 4.09. The van der Waals surface area contributed by atoms with Crippen molar-refractivity contribution in [2.24, 2.45) is 11.8 Å². The number of carbonyl (C=O) groups is 1. The molecule has 0 aromatic heterocycles. The van der Waals surface area contributed by atoms with Gasteiger partial charge in [-0.1, -0.05) is 23.8 Å². The second-order valence-corrected chi connectivity index (χ2v) is 6.28. The number of carbonyl (C=O) groups excluding carboxylic acids is 1. The van der Waals surface area contributed by atoms with E-state index >= 15 is 0 Å². The molecule has 0 spiro atoms. The van der Waals surface area contributed by atoms with Crippen LogP contribution in [0, 0.1) is 25.7 Å². The van der Waals surface area contributed by atoms with Crippen molar-refractivity contribution >= 4 is 11.4 Å². The molecule has 1 aromatic carbocycles. The summed E-state index contributed by atoms with van der Waals surface area (Å²) in [4.78, 5) is 12.8. The van der Waals surface area contributed by atoms with Crippen LogP contribution in [-0.4, -0.2) is 23.1 Å². The van der Waals surface area contributed by atoms with Gasteiger partial charge in [-0.2, -0.15) is 0 Å². The Balaban J connectivity index is 1.86. The molecule has 2 aliphatic heterocycles. The fraction of sp³-hybridized carbons (Fsp3) is 0.471. The molecule has 3 heteroatoms. The van der Waals surface area contributed by atoms with Crippen LogP contribution in [0.3, 0.4) is 0 Å². The van der Waals surface area contributed by atoms with Crippen LogP contribution in [0.2, 0.25) is 0 Å². The van der Waals surface area contributed by atoms with Crippen molar-refractivity contribution in [2.75, 3.05) is 0 Å². The van der Waals surface area contributed by atoms with E-state index in [0.717, 1.165) is 29.5 Å². The second-order valence-electron chi connectivity index (χ2n) is 6.28. The topological polar surface area (TPSA) is 46.5 Å². The maximum Gasteiger partial charge on any atom is 0.173 e. The molecule has 104 valence electrons. The molecule has 0 amide bonds. The van der Waals surface area contributed by atoms with Crippen molar-refractivity contribution in [3.63, 3.8) is 0 Å². The molecule has 4 rings (SSSR count). The lowest BCUT2D eigenvalue weighted by Gasteiger charge is -2.19. The van der Waals surface area contributed by atoms with Gasteiger partial charge in [-0.3, -0.25) is 4.79 Å². The van der Waals surface area contributed by atoms with Crippen LogP contribution in [0.25, 0.3) is 5.57 Å². The summed E-state index contributed by atoms with van der Waals surface area (Å²) in [6.45, 7) is 4.00. The van der Waals surface area contributed by atoms with E-state index in [2.05, 4.69) is 0 Å². The Kier molecular flexibility index (Phi) is 2.40. The number of fused-ring (bicyclic) bond motifs is 5. The van der Waals surface area contributed by atoms with Gasteiger partial charge >= 0.3 is 0 Å². The summed E-state index contributed by atoms with van der Waals surface area (Å²) in [5.74, 6) is 0.0918. The quantitative estimate of drug-likeness (QED) is 0.853. The van der Waals surface area contributed by atoms with Crippen LogP contribution in [0.15, 0.2) is 24.0 Å². The molecule has 4 atom stereocenters. The molecule has 2 fully saturated rings. The number of hydrogen-bond donors (Lipinski definition) is 1. The van der Waals surface area contributed by atoms with Gasteiger partial charge in [0, 0.05) is 0 Å². The molecular weight excluding hydrogens is 252 g/mol. The third kappa shape index (κ3) is 1.41. The number of ether oxygens (including phenoxy) is 1. The molecule has 2 bridgehead atoms. The molecule has 2 unspecified atom stereocenters. The molecule has 2 heterocycles. The van der Waals surface area contributed by atoms with Gasteiger partial charge in [0.2, 0.25) is 0 Å². The Morgan fingerprint density at radius 3 is 2.55 bits per heavy atom. The SMILES string of the molecule is Cc1ccc(C)c(C2=C(O)[C@H]3C4CCC(O4)[C@H]3C2=O)c1. The number of ketones is 1. The summed E-state index contributed by atoms with van der Waals surface area (Å²) in [7, 11) is 0. The van der Waals surface area contributed by atoms with Crippen molar-refractivity contribution in [2.45, 2.75) is 38.9 Å². The van der Waals surface area contributed by atoms with Crippen LogP contribution in [0.1, 0.15) is 29.5 Å². The highest BCUT2D eigenvalue weighted by Gasteiger charge is 2.59. The van der Waals surface area contributed by atoms with E-state index in [9.17, 15) is 9.90 Å². The average molecular weight is 270 g/mol. The number of aliphatic hydroxyl groups is 1. The molecule has 0 radical (unpaired) electrons. The van der Waals surface area contributed by atoms with Crippen LogP contribution in [0.4, 0.5) is 0 Å². The average Bonchev–Trinajstić information content (AvgIpc) is 3.08. The Bertz CT molecular complexity index is 644. The minimum atomic E-state index is -0.149. The number of rotatable bonds is 1. The van der Waals surface area contributed by atoms with Crippen molar-refractivity contribution < 1.29 is 14.6 Å². The Morgan fingerprint density at radius 2 is 1.85 bits per heavy atom. The molecular formula is C17H18O3. The number of aryl methyl sites for hydroxylation is 2. The van der Waals surface area contributed by atoms with E-state index in [1.54, 1.807) is 0 Å². The van der Waals surface area contributed by atoms with Gasteiger partial charge < -0.3 is 9.84 Å². The standard InChI is InChI=1S/C17H18O3/c1-8-3-4-9(2)10(7-8)13-16(18)14-11-5-6-12(20-11)15(14)17(13)19/h3-4,7,11-12,14-15,18H,5-6H2,1-2H3/t11?,12?,14-,15+/m0/s1. The van der Waals surface area contributed by atoms with Crippen LogP contribution < -0.4 is 0 Å². The summed E-state index contributed by atoms with van der Waals surface area (Å²) < 4.78 is 5.80. The van der Waals surface area contributed by atoms with Crippen molar-refractivity contribution in [3.05, 3.63) is 40.6 Å². The smallest absolute Gasteiger partial charge is 0.173 e. The second kappa shape index (κ2) is 3.95. The summed E-state index contributed by atoms with van der Waals surface area (Å²) in [6, 6.07) is 6.05. The third-order valence-electron chi connectivity index (χ3n) is 5.06. The van der Waals surface area contributed by atoms with Gasteiger partial charge in [0.25, 0.3) is 0 Å². The van der Waals surface area contributed by atoms with Gasteiger partial charge in [-0.15, -0.1) is 0 Å². The first-order valence-electron chi connectivity index (χ1n) is 7.28. The van der Waals surface area contributed by atoms with Crippen molar-refractivity contribution in [1.29, 1.82) is 0 Å². The number of hydrogen-bond acceptors (Lipinski definition) is 3. The van der Waals surface area contributed by atoms with Gasteiger partial charge in [-0.25, -0.2) is 0 Å². The van der Waals surface area contributed by atoms with E-state index in [1.807, 2.05) is 32.0 Å². The van der Waals surface area contributed by atoms with Gasteiger partial charge in [0.15, 0.2) is 5.78 Å². The molecule has 2 saturated heterocycles. The predicted octanol–water partition coefficient (Wildman–Crippen LogP) is 2.95. The lowest BCUT2D eigenvalue weighted by molar-refractivity contribution is -0.118. The third-order valence-corrected chi connectivity index (χ3v) is 5.06. The summed E-state index contributed by atoms with van der Waals surface area (Å²) in [5.41, 5.74) is 3.58. The number of aliphatic hydroxyl groups excluding tert-OH is 1. The lowest BCUT2D eigenvalue weighted by Crippen LogP contribution is -2.29. The van der Waals surface area contributed by atoms with E-state index in [0.29, 0.717) is 5.57 Å². The predicted molar refractivity (Wildman–Crippen MR) is 75.3 cm³/mol. The first kappa shape index (κ1) is 12.2. The molecule has 1 aromatic rings. The normalized spacial score (nSPS) is 35.0. The zero-order valence-electron chi connectivity index (χ0n) is 11.7. The summed E-state index contributed by atoms with van der Waals surface area (Å²) in [5, 5.41) is 10.6. The van der Waals surface area contributed by atoms with E-state index in [1.165, 1.54) is 0 Å². The van der Waals surface area contributed by atoms with Gasteiger partial charge in [0.05, 0.1) is 29.6 Å². The Hall–Kier alpha value is -1.61. The number of Topliss-reactive ketones (excluding diaryl/α,β-unsaturated/α-hetero) is 1. The largest absolute Gasteiger partial charge is 0.511 e. The maximum atomic E-state index is 12.8. The highest BCUT2D eigenvalue weighted by atomic mass is 16.5. The van der Waals surface area contributed by atoms with Crippen LogP contribution in [-0.2, 0) is 9.53 Å². The summed E-state index contributed by atoms with van der Waals surface area (Å²) >= 11 is 0. The zero-order chi connectivity index (χ0) is 14.0. The molecule has 20 heavy (non-hydrogen) atoms.